The summed E-state index contributed by atoms with van der Waals surface area (Å²) in [7, 11) is 1.55. The summed E-state index contributed by atoms with van der Waals surface area (Å²) < 4.78 is 6.27. The monoisotopic (exact) mass is 358 g/mol. The Balaban J connectivity index is 2.21. The fourth-order valence-corrected chi connectivity index (χ4v) is 3.65. The molecule has 0 aliphatic rings. The fraction of sp³-hybridized carbons (Fsp3) is 0.278. The van der Waals surface area contributed by atoms with Crippen LogP contribution >= 0.6 is 11.3 Å². The maximum atomic E-state index is 13.0. The Kier molecular flexibility index (Phi) is 4.96. The van der Waals surface area contributed by atoms with E-state index in [9.17, 15) is 9.59 Å². The highest BCUT2D eigenvalue weighted by Gasteiger charge is 2.18. The minimum Gasteiger partial charge on any atom is -0.480 e. The number of carboxylic acid groups (broad SMARTS) is 1. The third-order valence-electron chi connectivity index (χ3n) is 3.96. The van der Waals surface area contributed by atoms with Crippen LogP contribution < -0.4 is 5.56 Å². The van der Waals surface area contributed by atoms with Crippen LogP contribution in [0.1, 0.15) is 11.4 Å². The van der Waals surface area contributed by atoms with Gasteiger partial charge in [0, 0.05) is 24.5 Å². The fourth-order valence-electron chi connectivity index (χ4n) is 2.69. The minimum absolute atomic E-state index is 0.324. The number of benzene rings is 1. The molecule has 2 aromatic heterocycles. The number of hydrogen-bond donors (Lipinski definition) is 1. The normalized spacial score (nSPS) is 11.1. The van der Waals surface area contributed by atoms with Crippen molar-refractivity contribution in [3.8, 4) is 11.1 Å². The topological polar surface area (TPSA) is 81.4 Å². The van der Waals surface area contributed by atoms with Crippen molar-refractivity contribution in [2.24, 2.45) is 0 Å². The number of aryl methyl sites for hydroxylation is 1. The number of hydrogen-bond acceptors (Lipinski definition) is 5. The van der Waals surface area contributed by atoms with Gasteiger partial charge in [-0.05, 0) is 12.5 Å². The van der Waals surface area contributed by atoms with Crippen LogP contribution in [-0.4, -0.2) is 34.3 Å². The largest absolute Gasteiger partial charge is 0.480 e. The standard InChI is InChI=1S/C18H18N2O4S/c1-11-3-5-12(6-4-11)13-10-25-17-16(13)18(23)20(9-15(21)22)14(19-17)7-8-24-2/h3-6,10H,7-9H2,1-2H3,(H,21,22). The minimum atomic E-state index is -1.07. The molecule has 1 aromatic carbocycles. The number of fused-ring (bicyclic) bond motifs is 1. The number of carboxylic acids is 1. The average Bonchev–Trinajstić information content (AvgIpc) is 3.00. The summed E-state index contributed by atoms with van der Waals surface area (Å²) in [5.41, 5.74) is 2.51. The maximum Gasteiger partial charge on any atom is 0.323 e. The van der Waals surface area contributed by atoms with E-state index in [0.717, 1.165) is 16.7 Å². The second kappa shape index (κ2) is 7.16. The van der Waals surface area contributed by atoms with Crippen molar-refractivity contribution >= 4 is 27.5 Å². The van der Waals surface area contributed by atoms with Crippen molar-refractivity contribution in [2.75, 3.05) is 13.7 Å². The van der Waals surface area contributed by atoms with Crippen LogP contribution in [-0.2, 0) is 22.5 Å². The number of aromatic nitrogens is 2. The van der Waals surface area contributed by atoms with Crippen LogP contribution in [0, 0.1) is 6.92 Å². The first kappa shape index (κ1) is 17.3. The first-order chi connectivity index (χ1) is 12.0. The lowest BCUT2D eigenvalue weighted by Crippen LogP contribution is -2.29. The number of nitrogens with zero attached hydrogens (tertiary/aromatic N) is 2. The highest BCUT2D eigenvalue weighted by molar-refractivity contribution is 7.17. The summed E-state index contributed by atoms with van der Waals surface area (Å²) in [5.74, 6) is -0.645. The molecule has 3 aromatic rings. The van der Waals surface area contributed by atoms with Crippen molar-refractivity contribution in [1.29, 1.82) is 0 Å². The Labute approximate surface area is 148 Å². The summed E-state index contributed by atoms with van der Waals surface area (Å²) >= 11 is 1.39. The van der Waals surface area contributed by atoms with Crippen LogP contribution in [0.5, 0.6) is 0 Å². The molecule has 25 heavy (non-hydrogen) atoms. The third-order valence-corrected chi connectivity index (χ3v) is 4.83. The molecule has 0 saturated carbocycles. The molecule has 130 valence electrons. The molecule has 3 rings (SSSR count). The summed E-state index contributed by atoms with van der Waals surface area (Å²) in [5, 5.41) is 11.5. The van der Waals surface area contributed by atoms with Crippen LogP contribution in [0.3, 0.4) is 0 Å². The Morgan fingerprint density at radius 3 is 2.68 bits per heavy atom. The van der Waals surface area contributed by atoms with Crippen LogP contribution in [0.4, 0.5) is 0 Å². The molecular formula is C18H18N2O4S. The van der Waals surface area contributed by atoms with Crippen molar-refractivity contribution in [3.63, 3.8) is 0 Å². The van der Waals surface area contributed by atoms with E-state index < -0.39 is 12.5 Å². The molecule has 2 heterocycles. The molecule has 1 N–H and O–H groups in total. The van der Waals surface area contributed by atoms with Crippen LogP contribution in [0.15, 0.2) is 34.4 Å². The molecule has 0 fully saturated rings. The molecule has 0 saturated heterocycles. The lowest BCUT2D eigenvalue weighted by atomic mass is 10.0. The van der Waals surface area contributed by atoms with E-state index in [1.54, 1.807) is 7.11 Å². The second-order valence-corrected chi connectivity index (χ2v) is 6.61. The van der Waals surface area contributed by atoms with Gasteiger partial charge in [0.2, 0.25) is 0 Å². The van der Waals surface area contributed by atoms with E-state index in [4.69, 9.17) is 9.84 Å². The first-order valence-corrected chi connectivity index (χ1v) is 8.68. The van der Waals surface area contributed by atoms with Gasteiger partial charge in [-0.3, -0.25) is 14.2 Å². The molecule has 0 amide bonds. The lowest BCUT2D eigenvalue weighted by molar-refractivity contribution is -0.137. The predicted octanol–water partition coefficient (Wildman–Crippen LogP) is 2.71. The summed E-state index contributed by atoms with van der Waals surface area (Å²) in [6.45, 7) is 1.96. The van der Waals surface area contributed by atoms with Crippen molar-refractivity contribution < 1.29 is 14.6 Å². The van der Waals surface area contributed by atoms with Gasteiger partial charge in [0.1, 0.15) is 17.2 Å². The molecular weight excluding hydrogens is 340 g/mol. The third kappa shape index (κ3) is 3.47. The van der Waals surface area contributed by atoms with E-state index in [1.807, 2.05) is 36.6 Å². The number of methoxy groups -OCH3 is 1. The van der Waals surface area contributed by atoms with Gasteiger partial charge in [-0.2, -0.15) is 0 Å². The van der Waals surface area contributed by atoms with Gasteiger partial charge in [-0.25, -0.2) is 4.98 Å². The molecule has 0 atom stereocenters. The van der Waals surface area contributed by atoms with Crippen LogP contribution in [0.2, 0.25) is 0 Å². The Morgan fingerprint density at radius 2 is 2.04 bits per heavy atom. The van der Waals surface area contributed by atoms with Gasteiger partial charge in [-0.1, -0.05) is 29.8 Å². The van der Waals surface area contributed by atoms with E-state index in [1.165, 1.54) is 15.9 Å². The summed E-state index contributed by atoms with van der Waals surface area (Å²) in [4.78, 5) is 29.3. The van der Waals surface area contributed by atoms with E-state index in [2.05, 4.69) is 4.98 Å². The SMILES string of the molecule is COCCc1nc2scc(-c3ccc(C)cc3)c2c(=O)n1CC(=O)O. The maximum absolute atomic E-state index is 13.0. The molecule has 0 aliphatic carbocycles. The van der Waals surface area contributed by atoms with Gasteiger partial charge < -0.3 is 9.84 Å². The Hall–Kier alpha value is -2.51. The number of aliphatic carboxylic acids is 1. The zero-order chi connectivity index (χ0) is 18.0. The molecule has 0 unspecified atom stereocenters. The van der Waals surface area contributed by atoms with E-state index in [-0.39, 0.29) is 5.56 Å². The van der Waals surface area contributed by atoms with E-state index >= 15 is 0 Å². The van der Waals surface area contributed by atoms with Gasteiger partial charge in [0.05, 0.1) is 12.0 Å². The Bertz CT molecular complexity index is 973. The predicted molar refractivity (Wildman–Crippen MR) is 97.3 cm³/mol. The average molecular weight is 358 g/mol. The number of thiophene rings is 1. The first-order valence-electron chi connectivity index (χ1n) is 7.80. The quantitative estimate of drug-likeness (QED) is 0.733. The van der Waals surface area contributed by atoms with Gasteiger partial charge in [0.25, 0.3) is 5.56 Å². The number of ether oxygens (including phenoxy) is 1. The van der Waals surface area contributed by atoms with Gasteiger partial charge in [0.15, 0.2) is 0 Å². The number of carbonyl (C=O) groups is 1. The summed E-state index contributed by atoms with van der Waals surface area (Å²) in [6.07, 6.45) is 0.382. The molecule has 6 nitrogen and oxygen atoms in total. The Morgan fingerprint density at radius 1 is 1.32 bits per heavy atom. The zero-order valence-corrected chi connectivity index (χ0v) is 14.8. The lowest BCUT2D eigenvalue weighted by Gasteiger charge is -2.10. The number of rotatable bonds is 6. The van der Waals surface area contributed by atoms with Gasteiger partial charge >= 0.3 is 5.97 Å². The smallest absolute Gasteiger partial charge is 0.323 e. The highest BCUT2D eigenvalue weighted by atomic mass is 32.1. The van der Waals surface area contributed by atoms with Crippen molar-refractivity contribution in [3.05, 3.63) is 51.4 Å². The van der Waals surface area contributed by atoms with Gasteiger partial charge in [-0.15, -0.1) is 11.3 Å². The zero-order valence-electron chi connectivity index (χ0n) is 14.0. The van der Waals surface area contributed by atoms with Crippen molar-refractivity contribution in [2.45, 2.75) is 19.9 Å². The summed E-state index contributed by atoms with van der Waals surface area (Å²) in [6, 6.07) is 7.87. The van der Waals surface area contributed by atoms with Crippen molar-refractivity contribution in [1.82, 2.24) is 9.55 Å². The van der Waals surface area contributed by atoms with Crippen LogP contribution in [0.25, 0.3) is 21.3 Å². The molecule has 0 aliphatic heterocycles. The molecule has 0 spiro atoms. The second-order valence-electron chi connectivity index (χ2n) is 5.75. The molecule has 0 radical (unpaired) electrons. The molecule has 0 bridgehead atoms. The molecule has 7 heteroatoms. The van der Waals surface area contributed by atoms with E-state index in [0.29, 0.717) is 29.1 Å². The highest BCUT2D eigenvalue weighted by Crippen LogP contribution is 2.31.